The molecule has 0 spiro atoms. The average molecular weight is 249 g/mol. The molecule has 1 aliphatic heterocycles. The molecule has 1 aromatic rings. The lowest BCUT2D eigenvalue weighted by Gasteiger charge is -2.21. The molecule has 0 aliphatic carbocycles. The molecule has 0 aromatic heterocycles. The van der Waals surface area contributed by atoms with E-state index in [0.717, 1.165) is 30.8 Å². The Morgan fingerprint density at radius 1 is 1.17 bits per heavy atom. The Bertz CT molecular complexity index is 392. The van der Waals surface area contributed by atoms with Crippen molar-refractivity contribution in [2.75, 3.05) is 13.2 Å². The third-order valence-electron chi connectivity index (χ3n) is 3.63. The molecule has 0 fully saturated rings. The third kappa shape index (κ3) is 3.16. The normalized spacial score (nSPS) is 17.3. The van der Waals surface area contributed by atoms with E-state index >= 15 is 0 Å². The van der Waals surface area contributed by atoms with Gasteiger partial charge in [0.15, 0.2) is 11.5 Å². The average Bonchev–Trinajstić information content (AvgIpc) is 2.43. The molecule has 0 radical (unpaired) electrons. The minimum absolute atomic E-state index is 0.324. The number of rotatable bonds is 5. The Kier molecular flexibility index (Phi) is 4.48. The van der Waals surface area contributed by atoms with Crippen molar-refractivity contribution in [1.82, 2.24) is 0 Å². The number of fused-ring (bicyclic) bond motifs is 1. The van der Waals surface area contributed by atoms with Gasteiger partial charge in [-0.2, -0.15) is 0 Å². The zero-order valence-electron chi connectivity index (χ0n) is 11.3. The van der Waals surface area contributed by atoms with Gasteiger partial charge in [0.05, 0.1) is 0 Å². The van der Waals surface area contributed by atoms with Gasteiger partial charge in [-0.3, -0.25) is 0 Å². The smallest absolute Gasteiger partial charge is 0.161 e. The molecule has 1 heterocycles. The Morgan fingerprint density at radius 2 is 1.89 bits per heavy atom. The maximum Gasteiger partial charge on any atom is 0.161 e. The molecule has 2 unspecified atom stereocenters. The fourth-order valence-electron chi connectivity index (χ4n) is 2.20. The van der Waals surface area contributed by atoms with Gasteiger partial charge >= 0.3 is 0 Å². The molecule has 0 saturated carbocycles. The zero-order chi connectivity index (χ0) is 13.0. The SMILES string of the molecule is CCC(N)CCC(C)c1ccc2c(c1)OCCO2. The maximum absolute atomic E-state index is 5.97. The van der Waals surface area contributed by atoms with Crippen LogP contribution in [0.3, 0.4) is 0 Å². The fraction of sp³-hybridized carbons (Fsp3) is 0.600. The molecular weight excluding hydrogens is 226 g/mol. The molecule has 0 amide bonds. The van der Waals surface area contributed by atoms with Crippen LogP contribution in [0.25, 0.3) is 0 Å². The van der Waals surface area contributed by atoms with Crippen molar-refractivity contribution in [3.05, 3.63) is 23.8 Å². The van der Waals surface area contributed by atoms with Crippen LogP contribution in [0.15, 0.2) is 18.2 Å². The van der Waals surface area contributed by atoms with Gasteiger partial charge in [0, 0.05) is 6.04 Å². The van der Waals surface area contributed by atoms with Crippen LogP contribution in [0.1, 0.15) is 44.6 Å². The summed E-state index contributed by atoms with van der Waals surface area (Å²) < 4.78 is 11.1. The highest BCUT2D eigenvalue weighted by Gasteiger charge is 2.14. The molecule has 0 bridgehead atoms. The monoisotopic (exact) mass is 249 g/mol. The highest BCUT2D eigenvalue weighted by molar-refractivity contribution is 5.44. The lowest BCUT2D eigenvalue weighted by molar-refractivity contribution is 0.171. The summed E-state index contributed by atoms with van der Waals surface area (Å²) >= 11 is 0. The molecular formula is C15H23NO2. The first-order valence-corrected chi connectivity index (χ1v) is 6.85. The van der Waals surface area contributed by atoms with Gasteiger partial charge in [-0.15, -0.1) is 0 Å². The van der Waals surface area contributed by atoms with Gasteiger partial charge in [0.1, 0.15) is 13.2 Å². The molecule has 3 heteroatoms. The Hall–Kier alpha value is -1.22. The number of hydrogen-bond acceptors (Lipinski definition) is 3. The minimum atomic E-state index is 0.324. The van der Waals surface area contributed by atoms with Gasteiger partial charge in [0.2, 0.25) is 0 Å². The largest absolute Gasteiger partial charge is 0.486 e. The summed E-state index contributed by atoms with van der Waals surface area (Å²) in [5.41, 5.74) is 7.27. The summed E-state index contributed by atoms with van der Waals surface area (Å²) in [5.74, 6) is 2.26. The second kappa shape index (κ2) is 6.10. The molecule has 18 heavy (non-hydrogen) atoms. The van der Waals surface area contributed by atoms with Crippen molar-refractivity contribution in [3.63, 3.8) is 0 Å². The van der Waals surface area contributed by atoms with E-state index in [0.29, 0.717) is 25.2 Å². The molecule has 2 rings (SSSR count). The number of ether oxygens (including phenoxy) is 2. The van der Waals surface area contributed by atoms with Crippen LogP contribution >= 0.6 is 0 Å². The molecule has 2 atom stereocenters. The molecule has 3 nitrogen and oxygen atoms in total. The lowest BCUT2D eigenvalue weighted by Crippen LogP contribution is -2.19. The van der Waals surface area contributed by atoms with Crippen molar-refractivity contribution in [1.29, 1.82) is 0 Å². The summed E-state index contributed by atoms with van der Waals surface area (Å²) in [6.07, 6.45) is 3.24. The van der Waals surface area contributed by atoms with Crippen molar-refractivity contribution >= 4 is 0 Å². The minimum Gasteiger partial charge on any atom is -0.486 e. The van der Waals surface area contributed by atoms with Crippen LogP contribution in [0.4, 0.5) is 0 Å². The molecule has 1 aliphatic rings. The van der Waals surface area contributed by atoms with Gasteiger partial charge in [-0.05, 0) is 42.9 Å². The third-order valence-corrected chi connectivity index (χ3v) is 3.63. The summed E-state index contributed by atoms with van der Waals surface area (Å²) in [5, 5.41) is 0. The summed E-state index contributed by atoms with van der Waals surface area (Å²) in [6, 6.07) is 6.58. The van der Waals surface area contributed by atoms with Crippen LogP contribution in [0, 0.1) is 0 Å². The molecule has 100 valence electrons. The maximum atomic E-state index is 5.97. The van der Waals surface area contributed by atoms with Crippen molar-refractivity contribution < 1.29 is 9.47 Å². The fourth-order valence-corrected chi connectivity index (χ4v) is 2.20. The van der Waals surface area contributed by atoms with E-state index in [1.165, 1.54) is 5.56 Å². The topological polar surface area (TPSA) is 44.5 Å². The first-order valence-electron chi connectivity index (χ1n) is 6.85. The van der Waals surface area contributed by atoms with Gasteiger partial charge in [0.25, 0.3) is 0 Å². The molecule has 1 aromatic carbocycles. The van der Waals surface area contributed by atoms with Crippen LogP contribution in [0.2, 0.25) is 0 Å². The molecule has 0 saturated heterocycles. The Balaban J connectivity index is 1.99. The van der Waals surface area contributed by atoms with E-state index in [2.05, 4.69) is 26.0 Å². The quantitative estimate of drug-likeness (QED) is 0.872. The first kappa shape index (κ1) is 13.2. The van der Waals surface area contributed by atoms with Crippen molar-refractivity contribution in [3.8, 4) is 11.5 Å². The number of hydrogen-bond donors (Lipinski definition) is 1. The summed E-state index contributed by atoms with van der Waals surface area (Å²) in [4.78, 5) is 0. The van der Waals surface area contributed by atoms with Crippen molar-refractivity contribution in [2.24, 2.45) is 5.73 Å². The molecule has 2 N–H and O–H groups in total. The second-order valence-electron chi connectivity index (χ2n) is 5.05. The van der Waals surface area contributed by atoms with E-state index < -0.39 is 0 Å². The predicted octanol–water partition coefficient (Wildman–Crippen LogP) is 3.08. The summed E-state index contributed by atoms with van der Waals surface area (Å²) in [6.45, 7) is 5.67. The highest BCUT2D eigenvalue weighted by atomic mass is 16.6. The van der Waals surface area contributed by atoms with Gasteiger partial charge in [-0.25, -0.2) is 0 Å². The van der Waals surface area contributed by atoms with Gasteiger partial charge in [-0.1, -0.05) is 19.9 Å². The second-order valence-corrected chi connectivity index (χ2v) is 5.05. The Labute approximate surface area is 109 Å². The van der Waals surface area contributed by atoms with Crippen LogP contribution < -0.4 is 15.2 Å². The van der Waals surface area contributed by atoms with Gasteiger partial charge < -0.3 is 15.2 Å². The van der Waals surface area contributed by atoms with Crippen LogP contribution in [0.5, 0.6) is 11.5 Å². The lowest BCUT2D eigenvalue weighted by atomic mass is 9.93. The highest BCUT2D eigenvalue weighted by Crippen LogP contribution is 2.34. The van der Waals surface area contributed by atoms with E-state index in [1.54, 1.807) is 0 Å². The van der Waals surface area contributed by atoms with Crippen molar-refractivity contribution in [2.45, 2.75) is 45.1 Å². The summed E-state index contributed by atoms with van der Waals surface area (Å²) in [7, 11) is 0. The number of nitrogens with two attached hydrogens (primary N) is 1. The van der Waals surface area contributed by atoms with Crippen LogP contribution in [-0.2, 0) is 0 Å². The first-order chi connectivity index (χ1) is 8.70. The van der Waals surface area contributed by atoms with E-state index in [1.807, 2.05) is 6.07 Å². The standard InChI is InChI=1S/C15H23NO2/c1-3-13(16)6-4-11(2)12-5-7-14-15(10-12)18-9-8-17-14/h5,7,10-11,13H,3-4,6,8-9,16H2,1-2H3. The van der Waals surface area contributed by atoms with E-state index in [4.69, 9.17) is 15.2 Å². The van der Waals surface area contributed by atoms with Crippen LogP contribution in [-0.4, -0.2) is 19.3 Å². The zero-order valence-corrected chi connectivity index (χ0v) is 11.3. The van der Waals surface area contributed by atoms with E-state index in [9.17, 15) is 0 Å². The Morgan fingerprint density at radius 3 is 2.61 bits per heavy atom. The number of benzene rings is 1. The predicted molar refractivity (Wildman–Crippen MR) is 73.3 cm³/mol. The van der Waals surface area contributed by atoms with E-state index in [-0.39, 0.29) is 0 Å².